The molecule has 0 aliphatic rings. The van der Waals surface area contributed by atoms with E-state index >= 15 is 0 Å². The number of likely N-dealkylation sites (N-methyl/N-ethyl adjacent to an activating group) is 1. The Hall–Kier alpha value is -2.24. The van der Waals surface area contributed by atoms with Crippen LogP contribution in [-0.4, -0.2) is 42.8 Å². The van der Waals surface area contributed by atoms with Crippen LogP contribution in [-0.2, 0) is 4.74 Å². The molecule has 0 spiro atoms. The predicted octanol–water partition coefficient (Wildman–Crippen LogP) is 2.98. The van der Waals surface area contributed by atoms with Gasteiger partial charge in [-0.1, -0.05) is 18.2 Å². The van der Waals surface area contributed by atoms with E-state index in [9.17, 15) is 9.59 Å². The molecule has 0 aromatic heterocycles. The summed E-state index contributed by atoms with van der Waals surface area (Å²) < 4.78 is 5.23. The number of rotatable bonds is 4. The predicted molar refractivity (Wildman–Crippen MR) is 87.1 cm³/mol. The number of carbonyl (C=O) groups is 2. The summed E-state index contributed by atoms with van der Waals surface area (Å²) in [5, 5.41) is 5.47. The number of aryl methyl sites for hydroxylation is 1. The molecule has 6 nitrogen and oxygen atoms in total. The molecule has 0 unspecified atom stereocenters. The van der Waals surface area contributed by atoms with Gasteiger partial charge in [-0.25, -0.2) is 9.59 Å². The Balaban J connectivity index is 2.33. The molecular formula is C16H25N3O3. The third kappa shape index (κ3) is 6.47. The van der Waals surface area contributed by atoms with Crippen molar-refractivity contribution >= 4 is 17.8 Å². The van der Waals surface area contributed by atoms with Crippen LogP contribution in [0.15, 0.2) is 24.3 Å². The average Bonchev–Trinajstić information content (AvgIpc) is 2.39. The monoisotopic (exact) mass is 307 g/mol. The van der Waals surface area contributed by atoms with Crippen molar-refractivity contribution in [3.63, 3.8) is 0 Å². The lowest BCUT2D eigenvalue weighted by atomic mass is 10.2. The summed E-state index contributed by atoms with van der Waals surface area (Å²) in [6.45, 7) is 8.07. The summed E-state index contributed by atoms with van der Waals surface area (Å²) in [6, 6.07) is 7.23. The van der Waals surface area contributed by atoms with Crippen LogP contribution < -0.4 is 10.6 Å². The number of ether oxygens (including phenoxy) is 1. The highest BCUT2D eigenvalue weighted by molar-refractivity contribution is 5.90. The minimum atomic E-state index is -0.527. The highest BCUT2D eigenvalue weighted by Gasteiger charge is 2.19. The number of anilines is 1. The zero-order chi connectivity index (χ0) is 16.8. The summed E-state index contributed by atoms with van der Waals surface area (Å²) in [6.07, 6.45) is -0.409. The number of urea groups is 1. The molecule has 0 fully saturated rings. The first-order valence-corrected chi connectivity index (χ1v) is 7.23. The zero-order valence-electron chi connectivity index (χ0n) is 13.9. The molecule has 0 saturated carbocycles. The van der Waals surface area contributed by atoms with Gasteiger partial charge >= 0.3 is 12.1 Å². The average molecular weight is 307 g/mol. The third-order valence-corrected chi connectivity index (χ3v) is 2.83. The molecule has 2 N–H and O–H groups in total. The zero-order valence-corrected chi connectivity index (χ0v) is 13.9. The summed E-state index contributed by atoms with van der Waals surface area (Å²) >= 11 is 0. The standard InChI is InChI=1S/C16H25N3O3/c1-12-8-6-7-9-13(12)18-14(20)17-10-11-19(5)15(21)22-16(2,3)4/h6-9H,10-11H2,1-5H3,(H2,17,18,20). The van der Waals surface area contributed by atoms with Gasteiger partial charge in [0, 0.05) is 25.8 Å². The summed E-state index contributed by atoms with van der Waals surface area (Å²) in [7, 11) is 1.63. The Morgan fingerprint density at radius 2 is 1.86 bits per heavy atom. The number of carbonyl (C=O) groups excluding carboxylic acids is 2. The summed E-state index contributed by atoms with van der Waals surface area (Å²) in [5.74, 6) is 0. The van der Waals surface area contributed by atoms with Crippen LogP contribution in [0, 0.1) is 6.92 Å². The maximum absolute atomic E-state index is 11.8. The maximum atomic E-state index is 11.8. The molecule has 1 aromatic carbocycles. The highest BCUT2D eigenvalue weighted by atomic mass is 16.6. The molecule has 1 aromatic rings. The van der Waals surface area contributed by atoms with E-state index in [1.165, 1.54) is 4.90 Å². The van der Waals surface area contributed by atoms with Crippen molar-refractivity contribution in [3.05, 3.63) is 29.8 Å². The van der Waals surface area contributed by atoms with Gasteiger partial charge in [0.1, 0.15) is 5.60 Å². The Morgan fingerprint density at radius 1 is 1.23 bits per heavy atom. The molecule has 0 radical (unpaired) electrons. The van der Waals surface area contributed by atoms with E-state index < -0.39 is 11.7 Å². The van der Waals surface area contributed by atoms with Crippen LogP contribution in [0.4, 0.5) is 15.3 Å². The molecule has 122 valence electrons. The lowest BCUT2D eigenvalue weighted by Crippen LogP contribution is -2.40. The molecule has 0 aliphatic heterocycles. The Morgan fingerprint density at radius 3 is 2.45 bits per heavy atom. The van der Waals surface area contributed by atoms with Crippen molar-refractivity contribution in [2.75, 3.05) is 25.5 Å². The van der Waals surface area contributed by atoms with Crippen molar-refractivity contribution in [1.29, 1.82) is 0 Å². The van der Waals surface area contributed by atoms with Crippen molar-refractivity contribution < 1.29 is 14.3 Å². The molecule has 0 atom stereocenters. The first-order valence-electron chi connectivity index (χ1n) is 7.23. The smallest absolute Gasteiger partial charge is 0.410 e. The van der Waals surface area contributed by atoms with Gasteiger partial charge in [0.05, 0.1) is 0 Å². The van der Waals surface area contributed by atoms with Crippen LogP contribution in [0.5, 0.6) is 0 Å². The van der Waals surface area contributed by atoms with Gasteiger partial charge in [-0.2, -0.15) is 0 Å². The molecule has 3 amide bonds. The molecule has 6 heteroatoms. The second-order valence-corrected chi connectivity index (χ2v) is 6.10. The van der Waals surface area contributed by atoms with Crippen LogP contribution in [0.1, 0.15) is 26.3 Å². The van der Waals surface area contributed by atoms with Gasteiger partial charge in [0.15, 0.2) is 0 Å². The number of amides is 3. The second kappa shape index (κ2) is 7.68. The minimum Gasteiger partial charge on any atom is -0.444 e. The lowest BCUT2D eigenvalue weighted by molar-refractivity contribution is 0.0301. The van der Waals surface area contributed by atoms with Gasteiger partial charge in [0.25, 0.3) is 0 Å². The highest BCUT2D eigenvalue weighted by Crippen LogP contribution is 2.12. The largest absolute Gasteiger partial charge is 0.444 e. The maximum Gasteiger partial charge on any atom is 0.410 e. The third-order valence-electron chi connectivity index (χ3n) is 2.83. The van der Waals surface area contributed by atoms with E-state index in [-0.39, 0.29) is 6.03 Å². The van der Waals surface area contributed by atoms with E-state index in [0.29, 0.717) is 13.1 Å². The van der Waals surface area contributed by atoms with Gasteiger partial charge in [0.2, 0.25) is 0 Å². The van der Waals surface area contributed by atoms with Crippen LogP contribution in [0.3, 0.4) is 0 Å². The van der Waals surface area contributed by atoms with Gasteiger partial charge in [-0.05, 0) is 39.3 Å². The summed E-state index contributed by atoms with van der Waals surface area (Å²) in [4.78, 5) is 25.0. The molecule has 22 heavy (non-hydrogen) atoms. The van der Waals surface area contributed by atoms with Crippen LogP contribution in [0.25, 0.3) is 0 Å². The van der Waals surface area contributed by atoms with E-state index in [1.807, 2.05) is 52.0 Å². The number of para-hydroxylation sites is 1. The van der Waals surface area contributed by atoms with E-state index in [2.05, 4.69) is 10.6 Å². The van der Waals surface area contributed by atoms with Crippen LogP contribution in [0.2, 0.25) is 0 Å². The quantitative estimate of drug-likeness (QED) is 0.898. The number of nitrogens with one attached hydrogen (secondary N) is 2. The molecule has 0 aliphatic carbocycles. The van der Waals surface area contributed by atoms with E-state index in [0.717, 1.165) is 11.3 Å². The lowest BCUT2D eigenvalue weighted by Gasteiger charge is -2.24. The molecule has 0 heterocycles. The second-order valence-electron chi connectivity index (χ2n) is 6.10. The van der Waals surface area contributed by atoms with E-state index in [1.54, 1.807) is 7.05 Å². The first kappa shape index (κ1) is 17.8. The molecular weight excluding hydrogens is 282 g/mol. The normalized spacial score (nSPS) is 10.8. The van der Waals surface area contributed by atoms with Gasteiger partial charge < -0.3 is 20.3 Å². The van der Waals surface area contributed by atoms with E-state index in [4.69, 9.17) is 4.74 Å². The SMILES string of the molecule is Cc1ccccc1NC(=O)NCCN(C)C(=O)OC(C)(C)C. The minimum absolute atomic E-state index is 0.299. The fourth-order valence-electron chi connectivity index (χ4n) is 1.65. The topological polar surface area (TPSA) is 70.7 Å². The molecule has 1 rings (SSSR count). The van der Waals surface area contributed by atoms with Crippen molar-refractivity contribution in [2.24, 2.45) is 0 Å². The number of hydrogen-bond acceptors (Lipinski definition) is 3. The Bertz CT molecular complexity index is 524. The Kier molecular flexibility index (Phi) is 6.22. The fourth-order valence-corrected chi connectivity index (χ4v) is 1.65. The van der Waals surface area contributed by atoms with Crippen LogP contribution >= 0.6 is 0 Å². The van der Waals surface area contributed by atoms with Gasteiger partial charge in [-0.3, -0.25) is 0 Å². The number of benzene rings is 1. The molecule has 0 bridgehead atoms. The number of nitrogens with zero attached hydrogens (tertiary/aromatic N) is 1. The van der Waals surface area contributed by atoms with Crippen molar-refractivity contribution in [3.8, 4) is 0 Å². The fraction of sp³-hybridized carbons (Fsp3) is 0.500. The van der Waals surface area contributed by atoms with Gasteiger partial charge in [-0.15, -0.1) is 0 Å². The molecule has 0 saturated heterocycles. The first-order chi connectivity index (χ1) is 10.2. The van der Waals surface area contributed by atoms with Crippen molar-refractivity contribution in [2.45, 2.75) is 33.3 Å². The summed E-state index contributed by atoms with van der Waals surface area (Å²) in [5.41, 5.74) is 1.23. The number of hydrogen-bond donors (Lipinski definition) is 2. The van der Waals surface area contributed by atoms with Crippen molar-refractivity contribution in [1.82, 2.24) is 10.2 Å². The Labute approximate surface area is 131 Å².